The molecular formula is C42H83N2O7P. The molecule has 4 atom stereocenters. The lowest BCUT2D eigenvalue weighted by Gasteiger charge is -2.31. The molecule has 1 amide bonds. The van der Waals surface area contributed by atoms with Gasteiger partial charge < -0.3 is 34.0 Å². The van der Waals surface area contributed by atoms with E-state index in [1.165, 1.54) is 103 Å². The maximum atomic E-state index is 12.9. The van der Waals surface area contributed by atoms with Gasteiger partial charge in [0.25, 0.3) is 7.82 Å². The molecule has 0 aromatic carbocycles. The van der Waals surface area contributed by atoms with Crippen LogP contribution in [0.2, 0.25) is 0 Å². The van der Waals surface area contributed by atoms with Gasteiger partial charge in [-0.2, -0.15) is 0 Å². The van der Waals surface area contributed by atoms with E-state index in [1.807, 2.05) is 21.1 Å². The van der Waals surface area contributed by atoms with Gasteiger partial charge in [-0.25, -0.2) is 0 Å². The van der Waals surface area contributed by atoms with Gasteiger partial charge in [-0.05, 0) is 51.4 Å². The van der Waals surface area contributed by atoms with Gasteiger partial charge in [0.15, 0.2) is 0 Å². The third-order valence-electron chi connectivity index (χ3n) is 9.51. The number of unbranched alkanes of at least 4 members (excludes halogenated alkanes) is 20. The van der Waals surface area contributed by atoms with Gasteiger partial charge in [-0.1, -0.05) is 147 Å². The van der Waals surface area contributed by atoms with E-state index in [0.717, 1.165) is 38.5 Å². The van der Waals surface area contributed by atoms with Crippen molar-refractivity contribution in [1.29, 1.82) is 0 Å². The van der Waals surface area contributed by atoms with Gasteiger partial charge in [0.05, 0.1) is 39.9 Å². The average molecular weight is 759 g/mol. The summed E-state index contributed by atoms with van der Waals surface area (Å²) in [5, 5.41) is 24.5. The molecule has 0 spiro atoms. The number of aliphatic hydroxyl groups is 2. The van der Waals surface area contributed by atoms with E-state index in [2.05, 4.69) is 43.5 Å². The molecule has 0 aliphatic heterocycles. The van der Waals surface area contributed by atoms with E-state index in [0.29, 0.717) is 30.3 Å². The molecule has 0 saturated carbocycles. The molecule has 52 heavy (non-hydrogen) atoms. The normalized spacial score (nSPS) is 15.3. The Bertz CT molecular complexity index is 924. The predicted molar refractivity (Wildman–Crippen MR) is 216 cm³/mol. The third-order valence-corrected chi connectivity index (χ3v) is 10.5. The Kier molecular flexibility index (Phi) is 33.7. The SMILES string of the molecule is CCCCC/C=C/CC/C=C/CCCC(O)C(O)C(COP(=O)([O-])OCC[N+](C)(C)C)NC(=O)CCCCCCCCCCCCCCCCCC. The first-order valence-corrected chi connectivity index (χ1v) is 22.7. The highest BCUT2D eigenvalue weighted by Gasteiger charge is 2.29. The van der Waals surface area contributed by atoms with Crippen molar-refractivity contribution in [3.8, 4) is 0 Å². The van der Waals surface area contributed by atoms with Crippen LogP contribution in [0.25, 0.3) is 0 Å². The second kappa shape index (κ2) is 34.4. The van der Waals surface area contributed by atoms with Crippen molar-refractivity contribution >= 4 is 13.7 Å². The predicted octanol–water partition coefficient (Wildman–Crippen LogP) is 9.70. The Balaban J connectivity index is 4.56. The van der Waals surface area contributed by atoms with Gasteiger partial charge in [0, 0.05) is 6.42 Å². The largest absolute Gasteiger partial charge is 0.756 e. The maximum absolute atomic E-state index is 12.9. The van der Waals surface area contributed by atoms with Crippen molar-refractivity contribution in [2.75, 3.05) is 40.9 Å². The third kappa shape index (κ3) is 34.7. The van der Waals surface area contributed by atoms with Gasteiger partial charge in [0.1, 0.15) is 19.3 Å². The van der Waals surface area contributed by atoms with Crippen LogP contribution >= 0.6 is 7.82 Å². The summed E-state index contributed by atoms with van der Waals surface area (Å²) in [6.07, 6.45) is 35.0. The number of likely N-dealkylation sites (N-methyl/N-ethyl adjacent to an activating group) is 1. The lowest BCUT2D eigenvalue weighted by molar-refractivity contribution is -0.870. The number of hydrogen-bond donors (Lipinski definition) is 3. The Morgan fingerprint density at radius 3 is 1.62 bits per heavy atom. The molecule has 3 N–H and O–H groups in total. The van der Waals surface area contributed by atoms with Crippen LogP contribution in [0, 0.1) is 0 Å². The van der Waals surface area contributed by atoms with Crippen LogP contribution in [0.15, 0.2) is 24.3 Å². The zero-order chi connectivity index (χ0) is 38.8. The fourth-order valence-corrected chi connectivity index (χ4v) is 6.76. The zero-order valence-electron chi connectivity index (χ0n) is 34.4. The molecule has 308 valence electrons. The lowest BCUT2D eigenvalue weighted by atomic mass is 10.0. The summed E-state index contributed by atoms with van der Waals surface area (Å²) in [5.74, 6) is -0.292. The van der Waals surface area contributed by atoms with Crippen LogP contribution in [0.5, 0.6) is 0 Å². The molecule has 0 fully saturated rings. The molecule has 0 radical (unpaired) electrons. The monoisotopic (exact) mass is 759 g/mol. The van der Waals surface area contributed by atoms with E-state index in [4.69, 9.17) is 9.05 Å². The van der Waals surface area contributed by atoms with E-state index in [9.17, 15) is 24.5 Å². The van der Waals surface area contributed by atoms with Crippen LogP contribution in [0.1, 0.15) is 181 Å². The molecule has 0 aliphatic rings. The van der Waals surface area contributed by atoms with Gasteiger partial charge in [-0.3, -0.25) is 9.36 Å². The minimum absolute atomic E-state index is 0.0471. The van der Waals surface area contributed by atoms with Gasteiger partial charge in [-0.15, -0.1) is 0 Å². The summed E-state index contributed by atoms with van der Waals surface area (Å²) >= 11 is 0. The number of carbonyl (C=O) groups is 1. The van der Waals surface area contributed by atoms with Crippen LogP contribution in [0.4, 0.5) is 0 Å². The Hall–Kier alpha value is -1.06. The number of amides is 1. The first-order valence-electron chi connectivity index (χ1n) is 21.3. The van der Waals surface area contributed by atoms with Crippen molar-refractivity contribution in [3.05, 3.63) is 24.3 Å². The topological polar surface area (TPSA) is 128 Å². The number of nitrogens with one attached hydrogen (secondary N) is 1. The average Bonchev–Trinajstić information content (AvgIpc) is 3.09. The van der Waals surface area contributed by atoms with Crippen molar-refractivity contribution in [1.82, 2.24) is 5.32 Å². The number of phosphoric acid groups is 1. The van der Waals surface area contributed by atoms with E-state index < -0.39 is 32.7 Å². The number of hydrogen-bond acceptors (Lipinski definition) is 7. The number of aliphatic hydroxyl groups excluding tert-OH is 2. The summed E-state index contributed by atoms with van der Waals surface area (Å²) in [5.41, 5.74) is 0. The maximum Gasteiger partial charge on any atom is 0.268 e. The van der Waals surface area contributed by atoms with Crippen LogP contribution < -0.4 is 10.2 Å². The van der Waals surface area contributed by atoms with E-state index in [1.54, 1.807) is 0 Å². The summed E-state index contributed by atoms with van der Waals surface area (Å²) < 4.78 is 23.1. The molecule has 0 aromatic rings. The Labute approximate surface area is 320 Å². The first kappa shape index (κ1) is 50.9. The smallest absolute Gasteiger partial charge is 0.268 e. The highest BCUT2D eigenvalue weighted by Crippen LogP contribution is 2.38. The van der Waals surface area contributed by atoms with E-state index >= 15 is 0 Å². The summed E-state index contributed by atoms with van der Waals surface area (Å²) in [4.78, 5) is 25.3. The highest BCUT2D eigenvalue weighted by molar-refractivity contribution is 7.45. The summed E-state index contributed by atoms with van der Waals surface area (Å²) in [7, 11) is 1.10. The molecule has 4 unspecified atom stereocenters. The summed E-state index contributed by atoms with van der Waals surface area (Å²) in [6.45, 7) is 4.37. The molecule has 0 bridgehead atoms. The molecule has 0 aliphatic carbocycles. The van der Waals surface area contributed by atoms with Crippen LogP contribution in [-0.2, 0) is 18.4 Å². The van der Waals surface area contributed by atoms with E-state index in [-0.39, 0.29) is 18.9 Å². The minimum atomic E-state index is -4.67. The van der Waals surface area contributed by atoms with Crippen molar-refractivity contribution in [2.45, 2.75) is 199 Å². The van der Waals surface area contributed by atoms with Crippen LogP contribution in [-0.4, -0.2) is 79.8 Å². The molecule has 0 aromatic heterocycles. The number of carbonyl (C=O) groups excluding carboxylic acids is 1. The fourth-order valence-electron chi connectivity index (χ4n) is 6.03. The van der Waals surface area contributed by atoms with Crippen molar-refractivity contribution < 1.29 is 38.0 Å². The minimum Gasteiger partial charge on any atom is -0.756 e. The fraction of sp³-hybridized carbons (Fsp3) is 0.881. The molecular weight excluding hydrogens is 675 g/mol. The van der Waals surface area contributed by atoms with Crippen molar-refractivity contribution in [2.24, 2.45) is 0 Å². The lowest BCUT2D eigenvalue weighted by Crippen LogP contribution is -2.51. The Morgan fingerprint density at radius 2 is 1.12 bits per heavy atom. The first-order chi connectivity index (χ1) is 24.9. The van der Waals surface area contributed by atoms with Gasteiger partial charge >= 0.3 is 0 Å². The number of quaternary nitrogens is 1. The zero-order valence-corrected chi connectivity index (χ0v) is 35.3. The number of rotatable bonds is 38. The molecule has 0 saturated heterocycles. The second-order valence-electron chi connectivity index (χ2n) is 15.8. The number of allylic oxidation sites excluding steroid dienone is 4. The quantitative estimate of drug-likeness (QED) is 0.0248. The van der Waals surface area contributed by atoms with Gasteiger partial charge in [0.2, 0.25) is 5.91 Å². The summed E-state index contributed by atoms with van der Waals surface area (Å²) in [6, 6.07) is -1.09. The number of phosphoric ester groups is 1. The molecule has 0 rings (SSSR count). The number of nitrogens with zero attached hydrogens (tertiary/aromatic N) is 1. The second-order valence-corrected chi connectivity index (χ2v) is 17.2. The molecule has 9 nitrogen and oxygen atoms in total. The Morgan fingerprint density at radius 1 is 0.673 bits per heavy atom. The van der Waals surface area contributed by atoms with Crippen LogP contribution in [0.3, 0.4) is 0 Å². The standard InChI is InChI=1S/C42H83N2O7P/c1-6-8-10-12-14-16-18-20-21-22-23-25-27-29-31-33-35-41(46)43-39(38-51-52(48,49)50-37-36-44(3,4)5)42(47)40(45)34-32-30-28-26-24-19-17-15-13-11-9-7-2/h15,17,26,28,39-40,42,45,47H,6-14,16,18-25,27,29-38H2,1-5H3,(H-,43,46,48,49)/b17-15+,28-26+. The molecule has 10 heteroatoms. The van der Waals surface area contributed by atoms with Crippen molar-refractivity contribution in [3.63, 3.8) is 0 Å². The highest BCUT2D eigenvalue weighted by atomic mass is 31.2. The molecule has 0 heterocycles.